The van der Waals surface area contributed by atoms with Crippen molar-refractivity contribution in [2.45, 2.75) is 51.4 Å². The number of rotatable bonds is 6. The predicted octanol–water partition coefficient (Wildman–Crippen LogP) is 2.51. The summed E-state index contributed by atoms with van der Waals surface area (Å²) in [5.74, 6) is 0.733. The fourth-order valence-corrected chi connectivity index (χ4v) is 5.11. The van der Waals surface area contributed by atoms with Crippen molar-refractivity contribution in [2.75, 3.05) is 27.3 Å². The molecule has 136 valence electrons. The van der Waals surface area contributed by atoms with Gasteiger partial charge in [-0.15, -0.1) is 0 Å². The lowest BCUT2D eigenvalue weighted by atomic mass is 9.55. The summed E-state index contributed by atoms with van der Waals surface area (Å²) in [6.45, 7) is 7.89. The lowest BCUT2D eigenvalue weighted by Crippen LogP contribution is -2.45. The highest BCUT2D eigenvalue weighted by molar-refractivity contribution is 5.75. The number of nitrogens with one attached hydrogen (secondary N) is 1. The Hall–Kier alpha value is -0.910. The van der Waals surface area contributed by atoms with Gasteiger partial charge in [-0.25, -0.2) is 0 Å². The Morgan fingerprint density at radius 2 is 2.17 bits per heavy atom. The first kappa shape index (κ1) is 17.9. The molecule has 3 rings (SSSR count). The van der Waals surface area contributed by atoms with Gasteiger partial charge in [-0.3, -0.25) is 4.79 Å². The molecule has 2 aliphatic carbocycles. The van der Waals surface area contributed by atoms with E-state index in [9.17, 15) is 4.79 Å². The molecule has 5 heteroatoms. The van der Waals surface area contributed by atoms with Crippen LogP contribution < -0.4 is 5.32 Å². The third-order valence-corrected chi connectivity index (χ3v) is 6.52. The van der Waals surface area contributed by atoms with Gasteiger partial charge in [-0.2, -0.15) is 0 Å². The molecule has 1 saturated heterocycles. The second kappa shape index (κ2) is 7.14. The maximum absolute atomic E-state index is 12.4. The molecule has 0 aromatic rings. The smallest absolute Gasteiger partial charge is 0.310 e. The Bertz CT molecular complexity index is 490. The van der Waals surface area contributed by atoms with Crippen LogP contribution in [0.15, 0.2) is 12.2 Å². The highest BCUT2D eigenvalue weighted by Gasteiger charge is 2.54. The van der Waals surface area contributed by atoms with Crippen LogP contribution in [0.2, 0.25) is 0 Å². The zero-order valence-electron chi connectivity index (χ0n) is 15.2. The summed E-state index contributed by atoms with van der Waals surface area (Å²) < 4.78 is 16.1. The van der Waals surface area contributed by atoms with E-state index in [0.717, 1.165) is 19.3 Å². The predicted molar refractivity (Wildman–Crippen MR) is 91.4 cm³/mol. The van der Waals surface area contributed by atoms with Crippen LogP contribution >= 0.6 is 0 Å². The van der Waals surface area contributed by atoms with Crippen LogP contribution in [0.5, 0.6) is 0 Å². The highest BCUT2D eigenvalue weighted by atomic mass is 16.7. The molecule has 5 atom stereocenters. The molecule has 5 nitrogen and oxygen atoms in total. The molecule has 0 bridgehead atoms. The molecule has 2 saturated carbocycles. The van der Waals surface area contributed by atoms with Crippen molar-refractivity contribution in [1.29, 1.82) is 0 Å². The van der Waals surface area contributed by atoms with Crippen molar-refractivity contribution in [3.63, 3.8) is 0 Å². The molecule has 0 aromatic heterocycles. The van der Waals surface area contributed by atoms with Gasteiger partial charge in [-0.05, 0) is 43.4 Å². The van der Waals surface area contributed by atoms with Crippen LogP contribution in [0.25, 0.3) is 0 Å². The Balaban J connectivity index is 1.64. The quantitative estimate of drug-likeness (QED) is 0.458. The van der Waals surface area contributed by atoms with Gasteiger partial charge in [-0.1, -0.05) is 19.1 Å². The highest BCUT2D eigenvalue weighted by Crippen LogP contribution is 2.56. The molecule has 0 aromatic carbocycles. The van der Waals surface area contributed by atoms with Gasteiger partial charge in [0.05, 0.1) is 5.92 Å². The molecule has 3 fully saturated rings. The summed E-state index contributed by atoms with van der Waals surface area (Å²) >= 11 is 0. The fourth-order valence-electron chi connectivity index (χ4n) is 5.11. The first-order valence-corrected chi connectivity index (χ1v) is 9.13. The Morgan fingerprint density at radius 1 is 1.42 bits per heavy atom. The number of carbonyl (C=O) groups is 1. The largest absolute Gasteiger partial charge is 0.462 e. The van der Waals surface area contributed by atoms with Gasteiger partial charge in [0.1, 0.15) is 6.10 Å². The third kappa shape index (κ3) is 3.26. The van der Waals surface area contributed by atoms with Crippen LogP contribution in [0.1, 0.15) is 39.0 Å². The molecule has 3 aliphatic rings. The van der Waals surface area contributed by atoms with Crippen LogP contribution in [0, 0.1) is 23.2 Å². The molecule has 0 spiro atoms. The molecule has 0 radical (unpaired) electrons. The number of methoxy groups -OCH3 is 2. The minimum absolute atomic E-state index is 0.0447. The Kier molecular flexibility index (Phi) is 5.33. The standard InChI is InChI=1S/C19H31NO4/c1-12-6-5-7-19(2)9-16-13(8-15(12)19)14(18(21)24-16)10-20-11-17(22-3)23-4/h13-17,20H,1,5-11H2,2-4H3/t13-,14-,15-,16-,19-/m1/s1. The monoisotopic (exact) mass is 337 g/mol. The average molecular weight is 337 g/mol. The molecular formula is C19H31NO4. The topological polar surface area (TPSA) is 56.8 Å². The van der Waals surface area contributed by atoms with Gasteiger partial charge < -0.3 is 19.5 Å². The van der Waals surface area contributed by atoms with Gasteiger partial charge in [0, 0.05) is 33.2 Å². The molecule has 0 amide bonds. The SMILES string of the molecule is C=C1CCC[C@]2(C)C[C@H]3OC(=O)[C@H](CNCC(OC)OC)[C@H]3C[C@H]12. The third-order valence-electron chi connectivity index (χ3n) is 6.52. The van der Waals surface area contributed by atoms with Gasteiger partial charge in [0.15, 0.2) is 6.29 Å². The van der Waals surface area contributed by atoms with Crippen LogP contribution in [0.3, 0.4) is 0 Å². The maximum Gasteiger partial charge on any atom is 0.310 e. The molecule has 24 heavy (non-hydrogen) atoms. The number of esters is 1. The van der Waals surface area contributed by atoms with Crippen molar-refractivity contribution in [3.8, 4) is 0 Å². The van der Waals surface area contributed by atoms with Crippen molar-refractivity contribution in [3.05, 3.63) is 12.2 Å². The lowest BCUT2D eigenvalue weighted by molar-refractivity contribution is -0.146. The van der Waals surface area contributed by atoms with E-state index in [1.807, 2.05) is 0 Å². The van der Waals surface area contributed by atoms with Crippen LogP contribution in [0.4, 0.5) is 0 Å². The number of fused-ring (bicyclic) bond motifs is 2. The number of hydrogen-bond donors (Lipinski definition) is 1. The van der Waals surface area contributed by atoms with Gasteiger partial charge in [0.25, 0.3) is 0 Å². The molecule has 1 aliphatic heterocycles. The van der Waals surface area contributed by atoms with E-state index in [2.05, 4.69) is 18.8 Å². The number of allylic oxidation sites excluding steroid dienone is 1. The lowest BCUT2D eigenvalue weighted by Gasteiger charge is -2.50. The average Bonchev–Trinajstić information content (AvgIpc) is 2.84. The summed E-state index contributed by atoms with van der Waals surface area (Å²) in [6.07, 6.45) is 5.40. The molecule has 1 heterocycles. The maximum atomic E-state index is 12.4. The van der Waals surface area contributed by atoms with Crippen molar-refractivity contribution < 1.29 is 19.0 Å². The van der Waals surface area contributed by atoms with Crippen LogP contribution in [-0.4, -0.2) is 45.7 Å². The normalized spacial score (nSPS) is 38.8. The van der Waals surface area contributed by atoms with E-state index in [4.69, 9.17) is 14.2 Å². The fraction of sp³-hybridized carbons (Fsp3) is 0.842. The van der Waals surface area contributed by atoms with Crippen molar-refractivity contribution in [1.82, 2.24) is 5.32 Å². The molecule has 0 unspecified atom stereocenters. The first-order valence-electron chi connectivity index (χ1n) is 9.13. The van der Waals surface area contributed by atoms with E-state index in [0.29, 0.717) is 24.9 Å². The van der Waals surface area contributed by atoms with E-state index >= 15 is 0 Å². The number of carbonyl (C=O) groups excluding carboxylic acids is 1. The second-order valence-electron chi connectivity index (χ2n) is 7.96. The second-order valence-corrected chi connectivity index (χ2v) is 7.96. The Morgan fingerprint density at radius 3 is 2.88 bits per heavy atom. The summed E-state index contributed by atoms with van der Waals surface area (Å²) in [5, 5.41) is 3.31. The summed E-state index contributed by atoms with van der Waals surface area (Å²) in [5.41, 5.74) is 1.64. The van der Waals surface area contributed by atoms with Gasteiger partial charge in [0.2, 0.25) is 0 Å². The zero-order chi connectivity index (χ0) is 17.3. The van der Waals surface area contributed by atoms with E-state index in [1.165, 1.54) is 18.4 Å². The number of ether oxygens (including phenoxy) is 3. The summed E-state index contributed by atoms with van der Waals surface area (Å²) in [4.78, 5) is 12.4. The van der Waals surface area contributed by atoms with Crippen molar-refractivity contribution >= 4 is 5.97 Å². The zero-order valence-corrected chi connectivity index (χ0v) is 15.2. The Labute approximate surface area is 145 Å². The van der Waals surface area contributed by atoms with Crippen molar-refractivity contribution in [2.24, 2.45) is 23.2 Å². The summed E-state index contributed by atoms with van der Waals surface area (Å²) in [7, 11) is 3.23. The minimum Gasteiger partial charge on any atom is -0.462 e. The summed E-state index contributed by atoms with van der Waals surface area (Å²) in [6, 6.07) is 0. The van der Waals surface area contributed by atoms with E-state index < -0.39 is 0 Å². The first-order chi connectivity index (χ1) is 11.5. The van der Waals surface area contributed by atoms with Crippen LogP contribution in [-0.2, 0) is 19.0 Å². The number of hydrogen-bond acceptors (Lipinski definition) is 5. The van der Waals surface area contributed by atoms with Gasteiger partial charge >= 0.3 is 5.97 Å². The van der Waals surface area contributed by atoms with E-state index in [1.54, 1.807) is 14.2 Å². The molecular weight excluding hydrogens is 306 g/mol. The van der Waals surface area contributed by atoms with E-state index in [-0.39, 0.29) is 29.7 Å². The minimum atomic E-state index is -0.286. The molecule has 1 N–H and O–H groups in total.